The number of hydrogen-bond donors (Lipinski definition) is 1. The van der Waals surface area contributed by atoms with Crippen LogP contribution in [0, 0.1) is 0 Å². The molecule has 1 aromatic carbocycles. The van der Waals surface area contributed by atoms with E-state index in [-0.39, 0.29) is 11.8 Å². The Morgan fingerprint density at radius 2 is 2.04 bits per heavy atom. The zero-order valence-electron chi connectivity index (χ0n) is 13.0. The van der Waals surface area contributed by atoms with Crippen LogP contribution in [0.2, 0.25) is 0 Å². The van der Waals surface area contributed by atoms with Crippen LogP contribution in [0.15, 0.2) is 42.6 Å². The first kappa shape index (κ1) is 15.9. The molecule has 0 aliphatic carbocycles. The number of pyridine rings is 1. The fourth-order valence-electron chi connectivity index (χ4n) is 2.04. The van der Waals surface area contributed by atoms with E-state index in [1.54, 1.807) is 25.4 Å². The largest absolute Gasteiger partial charge is 0.497 e. The van der Waals surface area contributed by atoms with Crippen LogP contribution in [0.3, 0.4) is 0 Å². The molecule has 0 unspecified atom stereocenters. The summed E-state index contributed by atoms with van der Waals surface area (Å²) in [7, 11) is 3.06. The van der Waals surface area contributed by atoms with E-state index in [1.165, 1.54) is 7.11 Å². The molecule has 122 valence electrons. The van der Waals surface area contributed by atoms with Crippen LogP contribution in [0.25, 0.3) is 11.4 Å². The van der Waals surface area contributed by atoms with Crippen LogP contribution in [-0.2, 0) is 0 Å². The maximum absolute atomic E-state index is 12.3. The lowest BCUT2D eigenvalue weighted by molar-refractivity contribution is 0.102. The lowest BCUT2D eigenvalue weighted by Gasteiger charge is -2.05. The van der Waals surface area contributed by atoms with Gasteiger partial charge in [0, 0.05) is 23.3 Å². The molecular weight excluding hydrogens is 328 g/mol. The van der Waals surface area contributed by atoms with E-state index in [0.717, 1.165) is 17.1 Å². The third-order valence-electron chi connectivity index (χ3n) is 3.18. The first-order valence-electron chi connectivity index (χ1n) is 6.99. The second kappa shape index (κ2) is 7.05. The molecule has 8 heteroatoms. The minimum atomic E-state index is -0.353. The van der Waals surface area contributed by atoms with E-state index in [0.29, 0.717) is 22.3 Å². The first-order valence-corrected chi connectivity index (χ1v) is 7.77. The van der Waals surface area contributed by atoms with Crippen molar-refractivity contribution in [1.82, 2.24) is 14.3 Å². The van der Waals surface area contributed by atoms with Crippen molar-refractivity contribution in [3.63, 3.8) is 0 Å². The van der Waals surface area contributed by atoms with Gasteiger partial charge in [0.1, 0.15) is 11.3 Å². The van der Waals surface area contributed by atoms with E-state index in [9.17, 15) is 4.79 Å². The van der Waals surface area contributed by atoms with Crippen molar-refractivity contribution in [3.8, 4) is 23.0 Å². The van der Waals surface area contributed by atoms with Gasteiger partial charge >= 0.3 is 0 Å². The van der Waals surface area contributed by atoms with Crippen LogP contribution >= 0.6 is 11.5 Å². The van der Waals surface area contributed by atoms with Crippen molar-refractivity contribution in [2.24, 2.45) is 0 Å². The number of carbonyl (C=O) groups excluding carboxylic acids is 1. The summed E-state index contributed by atoms with van der Waals surface area (Å²) in [6.45, 7) is 0. The molecule has 3 aromatic rings. The number of rotatable bonds is 5. The number of amides is 1. The molecule has 0 bridgehead atoms. The third-order valence-corrected chi connectivity index (χ3v) is 3.81. The smallest absolute Gasteiger partial charge is 0.262 e. The maximum Gasteiger partial charge on any atom is 0.262 e. The number of nitrogens with one attached hydrogen (secondary N) is 1. The predicted molar refractivity (Wildman–Crippen MR) is 90.6 cm³/mol. The molecule has 0 atom stereocenters. The summed E-state index contributed by atoms with van der Waals surface area (Å²) in [5, 5.41) is 3.10. The molecule has 24 heavy (non-hydrogen) atoms. The second-order valence-corrected chi connectivity index (χ2v) is 5.42. The van der Waals surface area contributed by atoms with Gasteiger partial charge < -0.3 is 9.47 Å². The normalized spacial score (nSPS) is 10.2. The molecule has 0 fully saturated rings. The van der Waals surface area contributed by atoms with Gasteiger partial charge in [-0.2, -0.15) is 9.36 Å². The summed E-state index contributed by atoms with van der Waals surface area (Å²) in [5.41, 5.74) is 1.14. The first-order chi connectivity index (χ1) is 11.7. The molecule has 0 saturated heterocycles. The maximum atomic E-state index is 12.3. The summed E-state index contributed by atoms with van der Waals surface area (Å²) in [6, 6.07) is 10.7. The Labute approximate surface area is 142 Å². The molecule has 1 N–H and O–H groups in total. The summed E-state index contributed by atoms with van der Waals surface area (Å²) in [5.74, 6) is 1.14. The van der Waals surface area contributed by atoms with Crippen molar-refractivity contribution < 1.29 is 14.3 Å². The minimum Gasteiger partial charge on any atom is -0.497 e. The van der Waals surface area contributed by atoms with Gasteiger partial charge in [-0.1, -0.05) is 12.1 Å². The standard InChI is InChI=1S/C16H14N4O3S/c1-22-11-6-3-5-10(9-11)13-18-16(24-20-13)19-14(21)12-7-4-8-17-15(12)23-2/h3-9H,1-2H3,(H,18,19,20,21). The Morgan fingerprint density at radius 1 is 1.17 bits per heavy atom. The highest BCUT2D eigenvalue weighted by Crippen LogP contribution is 2.25. The minimum absolute atomic E-state index is 0.257. The summed E-state index contributed by atoms with van der Waals surface area (Å²) in [6.07, 6.45) is 1.56. The van der Waals surface area contributed by atoms with Gasteiger partial charge in [-0.05, 0) is 24.3 Å². The number of hydrogen-bond acceptors (Lipinski definition) is 7. The Balaban J connectivity index is 1.79. The molecule has 0 aliphatic rings. The molecule has 0 radical (unpaired) electrons. The molecule has 0 saturated carbocycles. The SMILES string of the molecule is COc1cccc(-c2nsc(NC(=O)c3cccnc3OC)n2)c1. The number of nitrogens with zero attached hydrogens (tertiary/aromatic N) is 3. The van der Waals surface area contributed by atoms with Gasteiger partial charge in [0.25, 0.3) is 5.91 Å². The zero-order valence-corrected chi connectivity index (χ0v) is 13.8. The van der Waals surface area contributed by atoms with Gasteiger partial charge in [-0.25, -0.2) is 4.98 Å². The van der Waals surface area contributed by atoms with Crippen molar-refractivity contribution in [1.29, 1.82) is 0 Å². The van der Waals surface area contributed by atoms with Gasteiger partial charge in [0.15, 0.2) is 5.82 Å². The quantitative estimate of drug-likeness (QED) is 0.767. The van der Waals surface area contributed by atoms with Crippen molar-refractivity contribution in [2.75, 3.05) is 19.5 Å². The van der Waals surface area contributed by atoms with E-state index in [1.807, 2.05) is 24.3 Å². The molecule has 0 spiro atoms. The number of methoxy groups -OCH3 is 2. The number of anilines is 1. The Morgan fingerprint density at radius 3 is 2.83 bits per heavy atom. The Kier molecular flexibility index (Phi) is 4.66. The fraction of sp³-hybridized carbons (Fsp3) is 0.125. The van der Waals surface area contributed by atoms with E-state index in [4.69, 9.17) is 9.47 Å². The monoisotopic (exact) mass is 342 g/mol. The van der Waals surface area contributed by atoms with Gasteiger partial charge in [-0.15, -0.1) is 0 Å². The molecule has 0 aliphatic heterocycles. The van der Waals surface area contributed by atoms with Crippen molar-refractivity contribution >= 4 is 22.6 Å². The van der Waals surface area contributed by atoms with Crippen LogP contribution < -0.4 is 14.8 Å². The van der Waals surface area contributed by atoms with Crippen LogP contribution in [-0.4, -0.2) is 34.5 Å². The highest BCUT2D eigenvalue weighted by Gasteiger charge is 2.15. The van der Waals surface area contributed by atoms with Crippen molar-refractivity contribution in [3.05, 3.63) is 48.2 Å². The van der Waals surface area contributed by atoms with Crippen molar-refractivity contribution in [2.45, 2.75) is 0 Å². The third kappa shape index (κ3) is 3.33. The number of ether oxygens (including phenoxy) is 2. The topological polar surface area (TPSA) is 86.2 Å². The highest BCUT2D eigenvalue weighted by molar-refractivity contribution is 7.10. The number of benzene rings is 1. The molecule has 2 heterocycles. The average molecular weight is 342 g/mol. The highest BCUT2D eigenvalue weighted by atomic mass is 32.1. The fourth-order valence-corrected chi connectivity index (χ4v) is 2.63. The van der Waals surface area contributed by atoms with Crippen LogP contribution in [0.1, 0.15) is 10.4 Å². The lowest BCUT2D eigenvalue weighted by atomic mass is 10.2. The van der Waals surface area contributed by atoms with Gasteiger partial charge in [0.2, 0.25) is 11.0 Å². The lowest BCUT2D eigenvalue weighted by Crippen LogP contribution is -2.13. The number of carbonyl (C=O) groups is 1. The molecule has 7 nitrogen and oxygen atoms in total. The van der Waals surface area contributed by atoms with E-state index in [2.05, 4.69) is 19.7 Å². The predicted octanol–water partition coefficient (Wildman–Crippen LogP) is 2.87. The second-order valence-electron chi connectivity index (χ2n) is 4.67. The average Bonchev–Trinajstić information content (AvgIpc) is 3.10. The van der Waals surface area contributed by atoms with Gasteiger partial charge in [-0.3, -0.25) is 10.1 Å². The Bertz CT molecular complexity index is 866. The number of aromatic nitrogens is 3. The van der Waals surface area contributed by atoms with E-state index < -0.39 is 0 Å². The Hall–Kier alpha value is -3.00. The summed E-state index contributed by atoms with van der Waals surface area (Å²) >= 11 is 1.10. The molecule has 2 aromatic heterocycles. The summed E-state index contributed by atoms with van der Waals surface area (Å²) < 4.78 is 14.5. The molecule has 1 amide bonds. The van der Waals surface area contributed by atoms with E-state index >= 15 is 0 Å². The molecule has 3 rings (SSSR count). The van der Waals surface area contributed by atoms with Gasteiger partial charge in [0.05, 0.1) is 14.2 Å². The zero-order chi connectivity index (χ0) is 16.9. The summed E-state index contributed by atoms with van der Waals surface area (Å²) in [4.78, 5) is 20.7. The van der Waals surface area contributed by atoms with Crippen LogP contribution in [0.5, 0.6) is 11.6 Å². The molecular formula is C16H14N4O3S. The van der Waals surface area contributed by atoms with Crippen LogP contribution in [0.4, 0.5) is 5.13 Å².